The van der Waals surface area contributed by atoms with Crippen LogP contribution in [-0.2, 0) is 4.74 Å². The van der Waals surface area contributed by atoms with Gasteiger partial charge < -0.3 is 10.1 Å². The Morgan fingerprint density at radius 2 is 2.00 bits per heavy atom. The molecular formula is C10H19NO. The van der Waals surface area contributed by atoms with Crippen LogP contribution in [0.3, 0.4) is 0 Å². The minimum atomic E-state index is 0.113. The van der Waals surface area contributed by atoms with Crippen molar-refractivity contribution in [3.63, 3.8) is 0 Å². The fourth-order valence-corrected chi connectivity index (χ4v) is 2.05. The molecule has 2 fully saturated rings. The fraction of sp³-hybridized carbons (Fsp3) is 1.00. The standard InChI is InChI=1S/C10H19NO/c1-10(2)6-9(7-12-10)11-8-4-3-5-8/h8-9,11H,3-7H2,1-2H3. The zero-order chi connectivity index (χ0) is 8.60. The lowest BCUT2D eigenvalue weighted by Crippen LogP contribution is -2.42. The van der Waals surface area contributed by atoms with Crippen LogP contribution in [0.4, 0.5) is 0 Å². The van der Waals surface area contributed by atoms with E-state index in [1.807, 2.05) is 0 Å². The Hall–Kier alpha value is -0.0800. The van der Waals surface area contributed by atoms with E-state index in [0.717, 1.165) is 12.6 Å². The molecule has 12 heavy (non-hydrogen) atoms. The van der Waals surface area contributed by atoms with Crippen molar-refractivity contribution in [1.82, 2.24) is 5.32 Å². The summed E-state index contributed by atoms with van der Waals surface area (Å²) >= 11 is 0. The molecule has 0 bridgehead atoms. The Balaban J connectivity index is 1.75. The normalized spacial score (nSPS) is 35.0. The number of nitrogens with one attached hydrogen (secondary N) is 1. The van der Waals surface area contributed by atoms with Crippen LogP contribution < -0.4 is 5.32 Å². The summed E-state index contributed by atoms with van der Waals surface area (Å²) in [5, 5.41) is 3.65. The second-order valence-corrected chi connectivity index (χ2v) is 4.77. The van der Waals surface area contributed by atoms with E-state index in [9.17, 15) is 0 Å². The summed E-state index contributed by atoms with van der Waals surface area (Å²) in [6, 6.07) is 1.41. The number of ether oxygens (including phenoxy) is 1. The predicted molar refractivity (Wildman–Crippen MR) is 49.2 cm³/mol. The molecule has 0 radical (unpaired) electrons. The van der Waals surface area contributed by atoms with Gasteiger partial charge in [-0.2, -0.15) is 0 Å². The monoisotopic (exact) mass is 169 g/mol. The molecule has 0 amide bonds. The molecule has 1 N–H and O–H groups in total. The molecule has 2 aliphatic rings. The van der Waals surface area contributed by atoms with Gasteiger partial charge in [-0.25, -0.2) is 0 Å². The Bertz CT molecular complexity index is 163. The van der Waals surface area contributed by atoms with E-state index >= 15 is 0 Å². The van der Waals surface area contributed by atoms with Gasteiger partial charge in [-0.1, -0.05) is 6.42 Å². The summed E-state index contributed by atoms with van der Waals surface area (Å²) in [6.45, 7) is 5.26. The SMILES string of the molecule is CC1(C)CC(NC2CCC2)CO1. The lowest BCUT2D eigenvalue weighted by Gasteiger charge is -2.29. The molecule has 0 aromatic heterocycles. The summed E-state index contributed by atoms with van der Waals surface area (Å²) in [5.41, 5.74) is 0.113. The minimum Gasteiger partial charge on any atom is -0.374 e. The highest BCUT2D eigenvalue weighted by Crippen LogP contribution is 2.27. The first kappa shape index (κ1) is 8.52. The average molecular weight is 169 g/mol. The maximum atomic E-state index is 5.66. The van der Waals surface area contributed by atoms with Crippen LogP contribution in [0.1, 0.15) is 39.5 Å². The van der Waals surface area contributed by atoms with Gasteiger partial charge in [0, 0.05) is 12.1 Å². The van der Waals surface area contributed by atoms with Crippen LogP contribution in [0.2, 0.25) is 0 Å². The molecule has 2 nitrogen and oxygen atoms in total. The third-order valence-corrected chi connectivity index (χ3v) is 2.99. The number of rotatable bonds is 2. The van der Waals surface area contributed by atoms with Crippen LogP contribution in [0.25, 0.3) is 0 Å². The molecule has 1 aliphatic carbocycles. The second-order valence-electron chi connectivity index (χ2n) is 4.77. The zero-order valence-electron chi connectivity index (χ0n) is 8.10. The van der Waals surface area contributed by atoms with Gasteiger partial charge in [-0.15, -0.1) is 0 Å². The maximum absolute atomic E-state index is 5.66. The van der Waals surface area contributed by atoms with E-state index in [0.29, 0.717) is 6.04 Å². The Morgan fingerprint density at radius 1 is 1.25 bits per heavy atom. The van der Waals surface area contributed by atoms with E-state index in [-0.39, 0.29) is 5.60 Å². The molecule has 0 aromatic carbocycles. The first-order chi connectivity index (χ1) is 5.66. The molecule has 0 aromatic rings. The quantitative estimate of drug-likeness (QED) is 0.679. The molecule has 1 atom stereocenters. The maximum Gasteiger partial charge on any atom is 0.0643 e. The lowest BCUT2D eigenvalue weighted by atomic mass is 9.91. The van der Waals surface area contributed by atoms with Gasteiger partial charge in [0.25, 0.3) is 0 Å². The van der Waals surface area contributed by atoms with Crippen molar-refractivity contribution in [2.24, 2.45) is 0 Å². The van der Waals surface area contributed by atoms with Gasteiger partial charge in [0.15, 0.2) is 0 Å². The highest BCUT2D eigenvalue weighted by molar-refractivity contribution is 4.89. The summed E-state index contributed by atoms with van der Waals surface area (Å²) in [7, 11) is 0. The van der Waals surface area contributed by atoms with Crippen LogP contribution >= 0.6 is 0 Å². The van der Waals surface area contributed by atoms with Crippen molar-refractivity contribution in [1.29, 1.82) is 0 Å². The summed E-state index contributed by atoms with van der Waals surface area (Å²) in [6.07, 6.45) is 5.33. The molecule has 1 aliphatic heterocycles. The first-order valence-corrected chi connectivity index (χ1v) is 5.06. The zero-order valence-corrected chi connectivity index (χ0v) is 8.10. The summed E-state index contributed by atoms with van der Waals surface area (Å²) < 4.78 is 5.66. The van der Waals surface area contributed by atoms with Crippen molar-refractivity contribution >= 4 is 0 Å². The van der Waals surface area contributed by atoms with Gasteiger partial charge >= 0.3 is 0 Å². The largest absolute Gasteiger partial charge is 0.374 e. The lowest BCUT2D eigenvalue weighted by molar-refractivity contribution is 0.0354. The average Bonchev–Trinajstić information content (AvgIpc) is 2.21. The van der Waals surface area contributed by atoms with Crippen LogP contribution in [0.5, 0.6) is 0 Å². The van der Waals surface area contributed by atoms with E-state index in [1.165, 1.54) is 25.7 Å². The summed E-state index contributed by atoms with van der Waals surface area (Å²) in [4.78, 5) is 0. The van der Waals surface area contributed by atoms with Gasteiger partial charge in [0.05, 0.1) is 12.2 Å². The molecule has 1 unspecified atom stereocenters. The number of hydrogen-bond donors (Lipinski definition) is 1. The van der Waals surface area contributed by atoms with E-state index < -0.39 is 0 Å². The smallest absolute Gasteiger partial charge is 0.0643 e. The van der Waals surface area contributed by atoms with Gasteiger partial charge in [0.2, 0.25) is 0 Å². The third-order valence-electron chi connectivity index (χ3n) is 2.99. The molecule has 2 rings (SSSR count). The Labute approximate surface area is 74.7 Å². The molecule has 1 saturated carbocycles. The summed E-state index contributed by atoms with van der Waals surface area (Å²) in [5.74, 6) is 0. The minimum absolute atomic E-state index is 0.113. The second kappa shape index (κ2) is 3.00. The van der Waals surface area contributed by atoms with Gasteiger partial charge in [-0.3, -0.25) is 0 Å². The third kappa shape index (κ3) is 1.80. The molecule has 2 heteroatoms. The molecule has 0 spiro atoms. The number of hydrogen-bond acceptors (Lipinski definition) is 2. The van der Waals surface area contributed by atoms with Crippen molar-refractivity contribution in [3.05, 3.63) is 0 Å². The van der Waals surface area contributed by atoms with Crippen LogP contribution in [0.15, 0.2) is 0 Å². The van der Waals surface area contributed by atoms with E-state index in [2.05, 4.69) is 19.2 Å². The highest BCUT2D eigenvalue weighted by Gasteiger charge is 2.33. The van der Waals surface area contributed by atoms with Crippen molar-refractivity contribution < 1.29 is 4.74 Å². The van der Waals surface area contributed by atoms with Crippen LogP contribution in [0, 0.1) is 0 Å². The predicted octanol–water partition coefficient (Wildman–Crippen LogP) is 1.70. The van der Waals surface area contributed by atoms with Gasteiger partial charge in [-0.05, 0) is 33.1 Å². The van der Waals surface area contributed by atoms with Crippen molar-refractivity contribution in [2.75, 3.05) is 6.61 Å². The van der Waals surface area contributed by atoms with Crippen molar-refractivity contribution in [2.45, 2.75) is 57.2 Å². The molecule has 70 valence electrons. The Kier molecular flexibility index (Phi) is 2.13. The van der Waals surface area contributed by atoms with E-state index in [4.69, 9.17) is 4.74 Å². The van der Waals surface area contributed by atoms with E-state index in [1.54, 1.807) is 0 Å². The topological polar surface area (TPSA) is 21.3 Å². The Morgan fingerprint density at radius 3 is 2.42 bits per heavy atom. The molecule has 1 heterocycles. The van der Waals surface area contributed by atoms with Crippen molar-refractivity contribution in [3.8, 4) is 0 Å². The molecular weight excluding hydrogens is 150 g/mol. The fourth-order valence-electron chi connectivity index (χ4n) is 2.05. The first-order valence-electron chi connectivity index (χ1n) is 5.06. The highest BCUT2D eigenvalue weighted by atomic mass is 16.5. The molecule has 1 saturated heterocycles. The van der Waals surface area contributed by atoms with Crippen LogP contribution in [-0.4, -0.2) is 24.3 Å². The van der Waals surface area contributed by atoms with Gasteiger partial charge in [0.1, 0.15) is 0 Å².